The van der Waals surface area contributed by atoms with Gasteiger partial charge >= 0.3 is 0 Å². The third kappa shape index (κ3) is 4.93. The minimum atomic E-state index is -3.77. The Morgan fingerprint density at radius 1 is 1.06 bits per heavy atom. The molecule has 0 saturated heterocycles. The fourth-order valence-electron chi connectivity index (χ4n) is 3.39. The van der Waals surface area contributed by atoms with Crippen molar-refractivity contribution in [1.29, 1.82) is 0 Å². The predicted molar refractivity (Wildman–Crippen MR) is 131 cm³/mol. The molecular formula is C24H22FN3O4S2. The molecule has 0 saturated carbocycles. The molecule has 0 atom stereocenters. The number of halogens is 1. The van der Waals surface area contributed by atoms with E-state index in [1.807, 2.05) is 0 Å². The fourth-order valence-corrected chi connectivity index (χ4v) is 5.59. The summed E-state index contributed by atoms with van der Waals surface area (Å²) >= 11 is 1.41. The third-order valence-corrected chi connectivity index (χ3v) is 8.01. The van der Waals surface area contributed by atoms with E-state index < -0.39 is 21.7 Å². The molecule has 1 amide bonds. The number of amides is 1. The van der Waals surface area contributed by atoms with Crippen LogP contribution in [0.4, 0.5) is 10.1 Å². The summed E-state index contributed by atoms with van der Waals surface area (Å²) in [7, 11) is -3.77. The summed E-state index contributed by atoms with van der Waals surface area (Å²) in [5.41, 5.74) is 3.05. The molecule has 3 aromatic carbocycles. The maximum atomic E-state index is 13.3. The van der Waals surface area contributed by atoms with Crippen LogP contribution in [0.15, 0.2) is 71.1 Å². The zero-order chi connectivity index (χ0) is 24.3. The van der Waals surface area contributed by atoms with E-state index in [1.54, 1.807) is 37.6 Å². The first kappa shape index (κ1) is 23.8. The lowest BCUT2D eigenvalue weighted by Gasteiger charge is -2.20. The van der Waals surface area contributed by atoms with Crippen molar-refractivity contribution in [1.82, 2.24) is 9.29 Å². The van der Waals surface area contributed by atoms with Crippen molar-refractivity contribution in [2.75, 3.05) is 18.4 Å². The molecule has 10 heteroatoms. The van der Waals surface area contributed by atoms with Gasteiger partial charge in [0.1, 0.15) is 11.6 Å². The molecule has 0 spiro atoms. The average Bonchev–Trinajstić information content (AvgIpc) is 3.30. The number of nitrogens with one attached hydrogen (secondary N) is 1. The summed E-state index contributed by atoms with van der Waals surface area (Å²) in [5.74, 6) is -0.295. The second kappa shape index (κ2) is 9.88. The zero-order valence-corrected chi connectivity index (χ0v) is 20.1. The Bertz CT molecular complexity index is 1430. The van der Waals surface area contributed by atoms with E-state index in [-0.39, 0.29) is 16.3 Å². The number of anilines is 1. The Kier molecular flexibility index (Phi) is 6.92. The van der Waals surface area contributed by atoms with Crippen LogP contribution in [0.5, 0.6) is 11.5 Å². The van der Waals surface area contributed by atoms with Gasteiger partial charge in [-0.3, -0.25) is 4.79 Å². The zero-order valence-electron chi connectivity index (χ0n) is 18.5. The van der Waals surface area contributed by atoms with Crippen molar-refractivity contribution in [2.24, 2.45) is 0 Å². The minimum Gasteiger partial charge on any atom is -0.455 e. The molecule has 0 unspecified atom stereocenters. The van der Waals surface area contributed by atoms with Crippen molar-refractivity contribution in [3.8, 4) is 11.5 Å². The molecular weight excluding hydrogens is 477 g/mol. The molecule has 1 aromatic heterocycles. The number of thiazole rings is 1. The molecule has 7 nitrogen and oxygen atoms in total. The number of fused-ring (bicyclic) bond motifs is 1. The number of carbonyl (C=O) groups excluding carboxylic acids is 1. The number of benzene rings is 3. The topological polar surface area (TPSA) is 88.6 Å². The summed E-state index contributed by atoms with van der Waals surface area (Å²) in [6, 6.07) is 14.8. The number of rotatable bonds is 8. The van der Waals surface area contributed by atoms with Gasteiger partial charge in [-0.25, -0.2) is 17.8 Å². The maximum Gasteiger partial charge on any atom is 0.255 e. The lowest BCUT2D eigenvalue weighted by molar-refractivity contribution is 0.102. The van der Waals surface area contributed by atoms with E-state index in [1.165, 1.54) is 58.1 Å². The van der Waals surface area contributed by atoms with Crippen LogP contribution in [0.25, 0.3) is 10.2 Å². The Balaban J connectivity index is 1.72. The number of hydrogen-bond acceptors (Lipinski definition) is 6. The first-order chi connectivity index (χ1) is 16.3. The van der Waals surface area contributed by atoms with Crippen molar-refractivity contribution in [2.45, 2.75) is 18.7 Å². The molecule has 0 bridgehead atoms. The molecule has 0 radical (unpaired) electrons. The van der Waals surface area contributed by atoms with Gasteiger partial charge in [-0.2, -0.15) is 4.31 Å². The summed E-state index contributed by atoms with van der Waals surface area (Å²) in [6.45, 7) is 4.13. The number of sulfonamides is 1. The van der Waals surface area contributed by atoms with Gasteiger partial charge in [-0.05, 0) is 60.7 Å². The highest BCUT2D eigenvalue weighted by molar-refractivity contribution is 7.89. The van der Waals surface area contributed by atoms with Crippen LogP contribution >= 0.6 is 11.3 Å². The highest BCUT2D eigenvalue weighted by atomic mass is 32.2. The second-order valence-electron chi connectivity index (χ2n) is 7.29. The first-order valence-electron chi connectivity index (χ1n) is 10.5. The van der Waals surface area contributed by atoms with E-state index in [9.17, 15) is 17.6 Å². The third-order valence-electron chi connectivity index (χ3n) is 5.18. The number of aromatic nitrogens is 1. The van der Waals surface area contributed by atoms with Crippen LogP contribution in [0, 0.1) is 5.82 Å². The van der Waals surface area contributed by atoms with Gasteiger partial charge in [0.2, 0.25) is 10.0 Å². The summed E-state index contributed by atoms with van der Waals surface area (Å²) in [5, 5.41) is 2.77. The Hall–Kier alpha value is -3.34. The summed E-state index contributed by atoms with van der Waals surface area (Å²) in [4.78, 5) is 17.3. The standard InChI is InChI=1S/C24H22FN3O4S2/c1-3-28(4-2)34(30,31)19-10-12-22(32-18-8-6-17(25)7-9-18)21(14-19)27-24(29)16-5-11-20-23(13-16)33-15-26-20/h5-15H,3-4H2,1-2H3,(H,27,29). The Morgan fingerprint density at radius 2 is 1.79 bits per heavy atom. The molecule has 4 rings (SSSR count). The highest BCUT2D eigenvalue weighted by Crippen LogP contribution is 2.33. The first-order valence-corrected chi connectivity index (χ1v) is 12.9. The number of ether oxygens (including phenoxy) is 1. The van der Waals surface area contributed by atoms with Gasteiger partial charge in [0.25, 0.3) is 5.91 Å². The number of carbonyl (C=O) groups is 1. The largest absolute Gasteiger partial charge is 0.455 e. The molecule has 0 fully saturated rings. The molecule has 0 aliphatic rings. The van der Waals surface area contributed by atoms with Gasteiger partial charge in [-0.15, -0.1) is 11.3 Å². The Labute approximate surface area is 200 Å². The average molecular weight is 500 g/mol. The van der Waals surface area contributed by atoms with Crippen LogP contribution in [0.1, 0.15) is 24.2 Å². The molecule has 0 aliphatic carbocycles. The van der Waals surface area contributed by atoms with E-state index >= 15 is 0 Å². The Morgan fingerprint density at radius 3 is 2.50 bits per heavy atom. The maximum absolute atomic E-state index is 13.3. The number of nitrogens with zero attached hydrogens (tertiary/aromatic N) is 2. The molecule has 4 aromatic rings. The van der Waals surface area contributed by atoms with Crippen molar-refractivity contribution < 1.29 is 22.3 Å². The minimum absolute atomic E-state index is 0.0239. The van der Waals surface area contributed by atoms with Crippen LogP contribution in [0.3, 0.4) is 0 Å². The molecule has 0 aliphatic heterocycles. The highest BCUT2D eigenvalue weighted by Gasteiger charge is 2.24. The summed E-state index contributed by atoms with van der Waals surface area (Å²) in [6.07, 6.45) is 0. The van der Waals surface area contributed by atoms with Crippen molar-refractivity contribution >= 4 is 43.2 Å². The van der Waals surface area contributed by atoms with Gasteiger partial charge in [0.05, 0.1) is 26.3 Å². The van der Waals surface area contributed by atoms with Gasteiger partial charge in [0.15, 0.2) is 5.75 Å². The van der Waals surface area contributed by atoms with Crippen LogP contribution in [-0.4, -0.2) is 36.7 Å². The SMILES string of the molecule is CCN(CC)S(=O)(=O)c1ccc(Oc2ccc(F)cc2)c(NC(=O)c2ccc3ncsc3c2)c1. The quantitative estimate of drug-likeness (QED) is 0.345. The lowest BCUT2D eigenvalue weighted by Crippen LogP contribution is -2.30. The van der Waals surface area contributed by atoms with Crippen molar-refractivity contribution in [3.05, 3.63) is 77.6 Å². The van der Waals surface area contributed by atoms with E-state index in [4.69, 9.17) is 4.74 Å². The second-order valence-corrected chi connectivity index (χ2v) is 10.1. The van der Waals surface area contributed by atoms with E-state index in [0.717, 1.165) is 10.2 Å². The summed E-state index contributed by atoms with van der Waals surface area (Å²) < 4.78 is 47.4. The van der Waals surface area contributed by atoms with E-state index in [2.05, 4.69) is 10.3 Å². The molecule has 176 valence electrons. The predicted octanol–water partition coefficient (Wildman–Crippen LogP) is 5.51. The van der Waals surface area contributed by atoms with Gasteiger partial charge < -0.3 is 10.1 Å². The monoisotopic (exact) mass is 499 g/mol. The fraction of sp³-hybridized carbons (Fsp3) is 0.167. The van der Waals surface area contributed by atoms with Gasteiger partial charge in [0, 0.05) is 18.7 Å². The molecule has 34 heavy (non-hydrogen) atoms. The van der Waals surface area contributed by atoms with Gasteiger partial charge in [-0.1, -0.05) is 13.8 Å². The van der Waals surface area contributed by atoms with Crippen LogP contribution in [0.2, 0.25) is 0 Å². The van der Waals surface area contributed by atoms with Crippen LogP contribution < -0.4 is 10.1 Å². The normalized spacial score (nSPS) is 11.6. The van der Waals surface area contributed by atoms with Crippen molar-refractivity contribution in [3.63, 3.8) is 0 Å². The van der Waals surface area contributed by atoms with Crippen LogP contribution in [-0.2, 0) is 10.0 Å². The van der Waals surface area contributed by atoms with E-state index in [0.29, 0.717) is 24.4 Å². The lowest BCUT2D eigenvalue weighted by atomic mass is 10.2. The molecule has 1 N–H and O–H groups in total. The smallest absolute Gasteiger partial charge is 0.255 e. The molecule has 1 heterocycles. The number of hydrogen-bond donors (Lipinski definition) is 1.